The summed E-state index contributed by atoms with van der Waals surface area (Å²) in [5, 5.41) is 13.0. The number of hydrogen-bond donors (Lipinski definition) is 3. The van der Waals surface area contributed by atoms with Gasteiger partial charge in [0.25, 0.3) is 0 Å². The minimum Gasteiger partial charge on any atom is -0.437 e. The Bertz CT molecular complexity index is 1010. The Kier molecular flexibility index (Phi) is 5.39. The maximum absolute atomic E-state index is 13.2. The van der Waals surface area contributed by atoms with Gasteiger partial charge in [-0.25, -0.2) is 4.99 Å². The molecule has 0 amide bonds. The molecule has 28 heavy (non-hydrogen) atoms. The predicted molar refractivity (Wildman–Crippen MR) is 98.3 cm³/mol. The van der Waals surface area contributed by atoms with Gasteiger partial charge in [-0.05, 0) is 31.5 Å². The lowest BCUT2D eigenvalue weighted by Crippen LogP contribution is -2.20. The van der Waals surface area contributed by atoms with Crippen molar-refractivity contribution >= 4 is 11.9 Å². The van der Waals surface area contributed by atoms with Crippen molar-refractivity contribution in [2.75, 3.05) is 6.54 Å². The van der Waals surface area contributed by atoms with Crippen LogP contribution in [0, 0.1) is 6.92 Å². The second-order valence-corrected chi connectivity index (χ2v) is 6.10. The molecule has 0 saturated carbocycles. The highest BCUT2D eigenvalue weighted by atomic mass is 19.4. The van der Waals surface area contributed by atoms with Gasteiger partial charge in [-0.2, -0.15) is 18.3 Å². The monoisotopic (exact) mass is 392 g/mol. The van der Waals surface area contributed by atoms with Gasteiger partial charge in [0.2, 0.25) is 5.88 Å². The van der Waals surface area contributed by atoms with E-state index in [2.05, 4.69) is 25.6 Å². The Hall–Kier alpha value is -3.30. The summed E-state index contributed by atoms with van der Waals surface area (Å²) in [6.07, 6.45) is -2.30. The van der Waals surface area contributed by atoms with Crippen molar-refractivity contribution in [1.82, 2.24) is 15.5 Å². The highest BCUT2D eigenvalue weighted by Gasteiger charge is 2.32. The smallest absolute Gasteiger partial charge is 0.416 e. The normalized spacial score (nSPS) is 15.0. The van der Waals surface area contributed by atoms with E-state index in [1.165, 1.54) is 6.07 Å². The average Bonchev–Trinajstić information content (AvgIpc) is 2.68. The molecule has 0 atom stereocenters. The summed E-state index contributed by atoms with van der Waals surface area (Å²) in [5.41, 5.74) is 2.13. The number of aliphatic imine (C=N–C) groups is 1. The molecule has 148 valence electrons. The molecule has 4 N–H and O–H groups in total. The number of rotatable bonds is 4. The van der Waals surface area contributed by atoms with Crippen LogP contribution in [0.4, 0.5) is 13.2 Å². The van der Waals surface area contributed by atoms with E-state index in [1.807, 2.05) is 6.92 Å². The first-order chi connectivity index (χ1) is 13.3. The molecule has 0 bridgehead atoms. The van der Waals surface area contributed by atoms with Crippen LogP contribution < -0.4 is 21.4 Å². The van der Waals surface area contributed by atoms with Crippen LogP contribution in [-0.4, -0.2) is 23.1 Å². The van der Waals surface area contributed by atoms with Crippen molar-refractivity contribution in [1.29, 1.82) is 0 Å². The SMILES string of the molecule is CCC1=C(c2ccc(C(F)(F)F)cc2Oc2n[nH]/c(=N\N)cc2C)CNC=N1. The minimum atomic E-state index is -4.50. The fourth-order valence-electron chi connectivity index (χ4n) is 2.81. The molecule has 1 aromatic heterocycles. The maximum Gasteiger partial charge on any atom is 0.416 e. The molecule has 7 nitrogen and oxygen atoms in total. The maximum atomic E-state index is 13.2. The van der Waals surface area contributed by atoms with Gasteiger partial charge in [0.05, 0.1) is 11.9 Å². The molecule has 0 radical (unpaired) electrons. The zero-order valence-corrected chi connectivity index (χ0v) is 15.3. The lowest BCUT2D eigenvalue weighted by atomic mass is 9.98. The Labute approximate surface area is 158 Å². The van der Waals surface area contributed by atoms with Crippen molar-refractivity contribution < 1.29 is 17.9 Å². The van der Waals surface area contributed by atoms with Gasteiger partial charge in [0.1, 0.15) is 5.75 Å². The summed E-state index contributed by atoms with van der Waals surface area (Å²) in [6, 6.07) is 4.98. The molecule has 0 unspecified atom stereocenters. The first-order valence-electron chi connectivity index (χ1n) is 8.51. The van der Waals surface area contributed by atoms with Gasteiger partial charge < -0.3 is 15.9 Å². The number of aromatic nitrogens is 2. The molecular weight excluding hydrogens is 373 g/mol. The second kappa shape index (κ2) is 7.75. The highest BCUT2D eigenvalue weighted by molar-refractivity contribution is 5.80. The van der Waals surface area contributed by atoms with Crippen LogP contribution in [0.2, 0.25) is 0 Å². The number of nitrogens with two attached hydrogens (primary N) is 1. The largest absolute Gasteiger partial charge is 0.437 e. The number of aromatic amines is 1. The molecule has 1 aromatic carbocycles. The Morgan fingerprint density at radius 2 is 2.07 bits per heavy atom. The quantitative estimate of drug-likeness (QED) is 0.550. The fourth-order valence-corrected chi connectivity index (χ4v) is 2.81. The lowest BCUT2D eigenvalue weighted by Gasteiger charge is -2.20. The number of ether oxygens (including phenoxy) is 1. The molecule has 0 aliphatic carbocycles. The summed E-state index contributed by atoms with van der Waals surface area (Å²) in [5.74, 6) is 5.36. The predicted octanol–water partition coefficient (Wildman–Crippen LogP) is 3.06. The van der Waals surface area contributed by atoms with Crippen LogP contribution in [0.25, 0.3) is 5.57 Å². The number of benzene rings is 1. The Morgan fingerprint density at radius 3 is 2.71 bits per heavy atom. The third kappa shape index (κ3) is 4.00. The van der Waals surface area contributed by atoms with E-state index >= 15 is 0 Å². The van der Waals surface area contributed by atoms with Gasteiger partial charge in [0.15, 0.2) is 5.49 Å². The van der Waals surface area contributed by atoms with Gasteiger partial charge in [0, 0.05) is 28.9 Å². The molecule has 1 aliphatic rings. The number of halogens is 3. The van der Waals surface area contributed by atoms with E-state index in [0.717, 1.165) is 23.4 Å². The number of nitrogens with one attached hydrogen (secondary N) is 2. The van der Waals surface area contributed by atoms with E-state index in [1.54, 1.807) is 19.3 Å². The number of hydrogen-bond acceptors (Lipinski definition) is 6. The lowest BCUT2D eigenvalue weighted by molar-refractivity contribution is -0.137. The third-order valence-corrected chi connectivity index (χ3v) is 4.22. The van der Waals surface area contributed by atoms with E-state index in [9.17, 15) is 13.2 Å². The van der Waals surface area contributed by atoms with Crippen LogP contribution in [0.3, 0.4) is 0 Å². The number of alkyl halides is 3. The topological polar surface area (TPSA) is 101 Å². The third-order valence-electron chi connectivity index (χ3n) is 4.22. The van der Waals surface area contributed by atoms with Crippen LogP contribution in [-0.2, 0) is 6.18 Å². The molecular formula is C18H19F3N6O. The summed E-state index contributed by atoms with van der Waals surface area (Å²) in [7, 11) is 0. The fraction of sp³-hybridized carbons (Fsp3) is 0.278. The molecule has 10 heteroatoms. The highest BCUT2D eigenvalue weighted by Crippen LogP contribution is 2.38. The van der Waals surface area contributed by atoms with Gasteiger partial charge in [-0.1, -0.05) is 13.0 Å². The molecule has 0 saturated heterocycles. The minimum absolute atomic E-state index is 0.0381. The van der Waals surface area contributed by atoms with E-state index in [0.29, 0.717) is 29.6 Å². The van der Waals surface area contributed by atoms with Crippen molar-refractivity contribution in [3.8, 4) is 11.6 Å². The van der Waals surface area contributed by atoms with Crippen molar-refractivity contribution in [2.24, 2.45) is 15.9 Å². The molecule has 2 heterocycles. The summed E-state index contributed by atoms with van der Waals surface area (Å²) >= 11 is 0. The van der Waals surface area contributed by atoms with Gasteiger partial charge in [-0.15, -0.1) is 5.10 Å². The molecule has 3 rings (SSSR count). The van der Waals surface area contributed by atoms with Crippen LogP contribution >= 0.6 is 0 Å². The summed E-state index contributed by atoms with van der Waals surface area (Å²) in [4.78, 5) is 4.28. The number of nitrogens with zero attached hydrogens (tertiary/aromatic N) is 3. The van der Waals surface area contributed by atoms with Crippen LogP contribution in [0.5, 0.6) is 11.6 Å². The van der Waals surface area contributed by atoms with E-state index in [4.69, 9.17) is 10.6 Å². The standard InChI is InChI=1S/C18H19F3N6O/c1-3-14-13(8-23-9-24-14)12-5-4-11(18(19,20)21)7-15(12)28-17-10(2)6-16(25-22)26-27-17/h4-7,9H,3,8,22H2,1-2H3,(H,23,24)(H,25,26). The van der Waals surface area contributed by atoms with E-state index < -0.39 is 11.7 Å². The molecule has 2 aromatic rings. The van der Waals surface area contributed by atoms with Crippen LogP contribution in [0.15, 0.2) is 40.1 Å². The first kappa shape index (κ1) is 19.5. The summed E-state index contributed by atoms with van der Waals surface area (Å²) in [6.45, 7) is 4.05. The average molecular weight is 392 g/mol. The molecule has 1 aliphatic heterocycles. The first-order valence-corrected chi connectivity index (χ1v) is 8.51. The van der Waals surface area contributed by atoms with Crippen molar-refractivity contribution in [3.63, 3.8) is 0 Å². The zero-order chi connectivity index (χ0) is 20.3. The van der Waals surface area contributed by atoms with Gasteiger partial charge >= 0.3 is 6.18 Å². The summed E-state index contributed by atoms with van der Waals surface area (Å²) < 4.78 is 45.5. The Balaban J connectivity index is 2.14. The molecule has 0 fully saturated rings. The number of aryl methyl sites for hydroxylation is 1. The van der Waals surface area contributed by atoms with Gasteiger partial charge in [-0.3, -0.25) is 5.10 Å². The zero-order valence-electron chi connectivity index (χ0n) is 15.3. The van der Waals surface area contributed by atoms with Crippen molar-refractivity contribution in [2.45, 2.75) is 26.4 Å². The number of H-pyrrole nitrogens is 1. The van der Waals surface area contributed by atoms with E-state index in [-0.39, 0.29) is 11.6 Å². The second-order valence-electron chi connectivity index (χ2n) is 6.10. The van der Waals surface area contributed by atoms with Crippen molar-refractivity contribution in [3.05, 3.63) is 52.1 Å². The number of allylic oxidation sites excluding steroid dienone is 1. The van der Waals surface area contributed by atoms with Crippen LogP contribution in [0.1, 0.15) is 30.0 Å². The molecule has 0 spiro atoms. The Morgan fingerprint density at radius 1 is 1.29 bits per heavy atom.